The molecule has 0 aromatic rings. The summed E-state index contributed by atoms with van der Waals surface area (Å²) < 4.78 is 0. The highest BCUT2D eigenvalue weighted by Gasteiger charge is 2.20. The van der Waals surface area contributed by atoms with Gasteiger partial charge in [0, 0.05) is 0 Å². The Morgan fingerprint density at radius 3 is 2.55 bits per heavy atom. The van der Waals surface area contributed by atoms with E-state index in [2.05, 4.69) is 0 Å². The van der Waals surface area contributed by atoms with Crippen LogP contribution in [0.25, 0.3) is 0 Å². The van der Waals surface area contributed by atoms with Gasteiger partial charge >= 0.3 is 5.97 Å². The van der Waals surface area contributed by atoms with Gasteiger partial charge in [-0.05, 0) is 25.4 Å². The number of carboxylic acids is 1. The average Bonchev–Trinajstić information content (AvgIpc) is 1.98. The Hall–Kier alpha value is -0.220. The summed E-state index contributed by atoms with van der Waals surface area (Å²) in [4.78, 5) is 10.3. The minimum atomic E-state index is -0.932. The van der Waals surface area contributed by atoms with Crippen LogP contribution in [0, 0.1) is 5.92 Å². The zero-order chi connectivity index (χ0) is 8.85. The molecule has 0 saturated carbocycles. The first-order valence-electron chi connectivity index (χ1n) is 3.49. The molecule has 0 rings (SSSR count). The van der Waals surface area contributed by atoms with Crippen LogP contribution in [-0.2, 0) is 4.79 Å². The van der Waals surface area contributed by atoms with Crippen LogP contribution in [0.3, 0.4) is 0 Å². The fourth-order valence-electron chi connectivity index (χ4n) is 0.653. The van der Waals surface area contributed by atoms with E-state index in [1.54, 1.807) is 11.8 Å². The van der Waals surface area contributed by atoms with Crippen molar-refractivity contribution in [3.05, 3.63) is 0 Å². The predicted octanol–water partition coefficient (Wildman–Crippen LogP) is 0.821. The number of hydrogen-bond acceptors (Lipinski definition) is 3. The molecule has 0 aliphatic carbocycles. The summed E-state index contributed by atoms with van der Waals surface area (Å²) >= 11 is 1.61. The van der Waals surface area contributed by atoms with Crippen LogP contribution in [0.4, 0.5) is 0 Å². The lowest BCUT2D eigenvalue weighted by molar-refractivity contribution is -0.144. The van der Waals surface area contributed by atoms with Crippen LogP contribution in [0.5, 0.6) is 0 Å². The number of hydrogen-bond donors (Lipinski definition) is 2. The van der Waals surface area contributed by atoms with Crippen molar-refractivity contribution >= 4 is 17.7 Å². The van der Waals surface area contributed by atoms with E-state index in [4.69, 9.17) is 5.11 Å². The monoisotopic (exact) mass is 178 g/mol. The molecule has 0 aliphatic heterocycles. The molecular formula is C7H14O3S. The first-order valence-corrected chi connectivity index (χ1v) is 4.88. The van der Waals surface area contributed by atoms with E-state index in [9.17, 15) is 9.90 Å². The van der Waals surface area contributed by atoms with Crippen molar-refractivity contribution < 1.29 is 15.0 Å². The summed E-state index contributed by atoms with van der Waals surface area (Å²) in [7, 11) is 0. The Bertz CT molecular complexity index is 127. The third-order valence-electron chi connectivity index (χ3n) is 1.58. The van der Waals surface area contributed by atoms with Gasteiger partial charge in [-0.2, -0.15) is 11.8 Å². The quantitative estimate of drug-likeness (QED) is 0.654. The first kappa shape index (κ1) is 10.8. The molecule has 0 aromatic carbocycles. The molecular weight excluding hydrogens is 164 g/mol. The lowest BCUT2D eigenvalue weighted by Crippen LogP contribution is -2.25. The Balaban J connectivity index is 3.63. The zero-order valence-electron chi connectivity index (χ0n) is 6.78. The second-order valence-corrected chi connectivity index (χ2v) is 3.46. The maximum atomic E-state index is 10.3. The maximum absolute atomic E-state index is 10.3. The Morgan fingerprint density at radius 1 is 1.64 bits per heavy atom. The second-order valence-electron chi connectivity index (χ2n) is 2.48. The van der Waals surface area contributed by atoms with Gasteiger partial charge in [0.2, 0.25) is 0 Å². The van der Waals surface area contributed by atoms with E-state index in [1.165, 1.54) is 6.92 Å². The van der Waals surface area contributed by atoms with Gasteiger partial charge in [0.15, 0.2) is 0 Å². The molecule has 0 saturated heterocycles. The summed E-state index contributed by atoms with van der Waals surface area (Å²) in [5.74, 6) is -0.778. The number of rotatable bonds is 5. The Kier molecular flexibility index (Phi) is 5.32. The zero-order valence-corrected chi connectivity index (χ0v) is 7.60. The smallest absolute Gasteiger partial charge is 0.308 e. The van der Waals surface area contributed by atoms with Gasteiger partial charge in [0.05, 0.1) is 12.0 Å². The van der Waals surface area contributed by atoms with Gasteiger partial charge in [0.1, 0.15) is 0 Å². The van der Waals surface area contributed by atoms with Crippen molar-refractivity contribution in [3.63, 3.8) is 0 Å². The number of carboxylic acid groups (broad SMARTS) is 1. The molecule has 66 valence electrons. The maximum Gasteiger partial charge on any atom is 0.308 e. The minimum Gasteiger partial charge on any atom is -0.481 e. The molecule has 3 nitrogen and oxygen atoms in total. The molecule has 0 amide bonds. The molecule has 0 aliphatic rings. The molecule has 0 heterocycles. The molecule has 0 aromatic heterocycles. The summed E-state index contributed by atoms with van der Waals surface area (Å²) in [6, 6.07) is 0. The Labute approximate surface area is 70.8 Å². The van der Waals surface area contributed by atoms with Gasteiger partial charge in [0.25, 0.3) is 0 Å². The molecule has 2 N–H and O–H groups in total. The number of thioether (sulfide) groups is 1. The number of aliphatic hydroxyl groups excluding tert-OH is 1. The van der Waals surface area contributed by atoms with Crippen molar-refractivity contribution in [2.45, 2.75) is 19.4 Å². The van der Waals surface area contributed by atoms with Gasteiger partial charge in [-0.25, -0.2) is 0 Å². The third-order valence-corrected chi connectivity index (χ3v) is 2.23. The normalized spacial score (nSPS) is 15.9. The molecule has 2 unspecified atom stereocenters. The van der Waals surface area contributed by atoms with E-state index in [0.717, 1.165) is 5.75 Å². The molecule has 4 heteroatoms. The fourth-order valence-corrected chi connectivity index (χ4v) is 1.13. The van der Waals surface area contributed by atoms with E-state index in [1.807, 2.05) is 6.26 Å². The fraction of sp³-hybridized carbons (Fsp3) is 0.857. The second kappa shape index (κ2) is 5.43. The SMILES string of the molecule is CSCCC(O)C(C)C(=O)O. The molecule has 2 atom stereocenters. The lowest BCUT2D eigenvalue weighted by atomic mass is 10.0. The van der Waals surface area contributed by atoms with Crippen molar-refractivity contribution in [1.82, 2.24) is 0 Å². The van der Waals surface area contributed by atoms with Crippen molar-refractivity contribution in [2.75, 3.05) is 12.0 Å². The molecule has 0 fully saturated rings. The predicted molar refractivity (Wildman–Crippen MR) is 45.8 cm³/mol. The lowest BCUT2D eigenvalue weighted by Gasteiger charge is -2.13. The minimum absolute atomic E-state index is 0.550. The van der Waals surface area contributed by atoms with Gasteiger partial charge in [-0.3, -0.25) is 4.79 Å². The molecule has 0 spiro atoms. The van der Waals surface area contributed by atoms with Crippen molar-refractivity contribution in [3.8, 4) is 0 Å². The summed E-state index contributed by atoms with van der Waals surface area (Å²) in [6.07, 6.45) is 1.77. The van der Waals surface area contributed by atoms with Crippen LogP contribution < -0.4 is 0 Å². The number of aliphatic hydroxyl groups is 1. The Morgan fingerprint density at radius 2 is 2.18 bits per heavy atom. The third kappa shape index (κ3) is 4.27. The van der Waals surface area contributed by atoms with Crippen LogP contribution >= 0.6 is 11.8 Å². The summed E-state index contributed by atoms with van der Waals surface area (Å²) in [5, 5.41) is 17.7. The standard InChI is InChI=1S/C7H14O3S/c1-5(7(9)10)6(8)3-4-11-2/h5-6,8H,3-4H2,1-2H3,(H,9,10). The molecule has 0 radical (unpaired) electrons. The van der Waals surface area contributed by atoms with E-state index in [0.29, 0.717) is 6.42 Å². The average molecular weight is 178 g/mol. The van der Waals surface area contributed by atoms with Crippen LogP contribution in [0.1, 0.15) is 13.3 Å². The first-order chi connectivity index (χ1) is 5.09. The van der Waals surface area contributed by atoms with E-state index >= 15 is 0 Å². The highest BCUT2D eigenvalue weighted by molar-refractivity contribution is 7.98. The van der Waals surface area contributed by atoms with E-state index < -0.39 is 18.0 Å². The van der Waals surface area contributed by atoms with Gasteiger partial charge < -0.3 is 10.2 Å². The summed E-state index contributed by atoms with van der Waals surface area (Å²) in [6.45, 7) is 1.52. The topological polar surface area (TPSA) is 57.5 Å². The highest BCUT2D eigenvalue weighted by Crippen LogP contribution is 2.09. The van der Waals surface area contributed by atoms with Crippen LogP contribution in [0.15, 0.2) is 0 Å². The van der Waals surface area contributed by atoms with Crippen LogP contribution in [-0.4, -0.2) is 34.3 Å². The summed E-state index contributed by atoms with van der Waals surface area (Å²) in [5.41, 5.74) is 0. The molecule has 11 heavy (non-hydrogen) atoms. The largest absolute Gasteiger partial charge is 0.481 e. The van der Waals surface area contributed by atoms with Crippen molar-refractivity contribution in [2.24, 2.45) is 5.92 Å². The molecule has 0 bridgehead atoms. The van der Waals surface area contributed by atoms with E-state index in [-0.39, 0.29) is 0 Å². The number of aliphatic carboxylic acids is 1. The van der Waals surface area contributed by atoms with Crippen LogP contribution in [0.2, 0.25) is 0 Å². The highest BCUT2D eigenvalue weighted by atomic mass is 32.2. The van der Waals surface area contributed by atoms with Gasteiger partial charge in [-0.1, -0.05) is 0 Å². The van der Waals surface area contributed by atoms with Crippen molar-refractivity contribution in [1.29, 1.82) is 0 Å². The van der Waals surface area contributed by atoms with Gasteiger partial charge in [-0.15, -0.1) is 0 Å². The number of carbonyl (C=O) groups is 1.